The number of nitrogens with zero attached hydrogens (tertiary/aromatic N) is 2. The molecule has 1 aromatic heterocycles. The predicted molar refractivity (Wildman–Crippen MR) is 70.8 cm³/mol. The fraction of sp³-hybridized carbons (Fsp3) is 0.143. The Hall–Kier alpha value is -2.14. The largest absolute Gasteiger partial charge is 0.293 e. The highest BCUT2D eigenvalue weighted by Crippen LogP contribution is 2.14. The highest BCUT2D eigenvalue weighted by Gasteiger charge is 2.23. The summed E-state index contributed by atoms with van der Waals surface area (Å²) in [5.41, 5.74) is 0. The molecule has 4 nitrogen and oxygen atoms in total. The average Bonchev–Trinajstić information content (AvgIpc) is 2.93. The summed E-state index contributed by atoms with van der Waals surface area (Å²) in [4.78, 5) is 32.8. The number of benzene rings is 1. The summed E-state index contributed by atoms with van der Waals surface area (Å²) in [6.45, 7) is 0. The molecule has 1 aliphatic rings. The topological polar surface area (TPSA) is 58.9 Å². The number of carbonyl (C=O) groups excluding carboxylic acids is 2. The van der Waals surface area contributed by atoms with Crippen LogP contribution in [0, 0.1) is 0 Å². The average molecular weight is 270 g/mol. The van der Waals surface area contributed by atoms with Crippen molar-refractivity contribution in [3.63, 3.8) is 0 Å². The van der Waals surface area contributed by atoms with E-state index in [1.54, 1.807) is 18.2 Å². The number of ketones is 1. The minimum atomic E-state index is -0.690. The van der Waals surface area contributed by atoms with Crippen molar-refractivity contribution in [3.05, 3.63) is 57.4 Å². The summed E-state index contributed by atoms with van der Waals surface area (Å²) in [5.74, 6) is -0.407. The normalized spacial score (nSPS) is 17.3. The smallest absolute Gasteiger partial charge is 0.271 e. The van der Waals surface area contributed by atoms with Crippen LogP contribution in [0.1, 0.15) is 16.1 Å². The van der Waals surface area contributed by atoms with Gasteiger partial charge >= 0.3 is 0 Å². The number of hydrogen-bond acceptors (Lipinski definition) is 4. The molecule has 0 N–H and O–H groups in total. The molecule has 0 unspecified atom stereocenters. The second-order valence-electron chi connectivity index (χ2n) is 4.19. The number of para-hydroxylation sites is 2. The lowest BCUT2D eigenvalue weighted by molar-refractivity contribution is -0.119. The van der Waals surface area contributed by atoms with Gasteiger partial charge in [0.25, 0.3) is 5.91 Å². The molecule has 0 saturated carbocycles. The van der Waals surface area contributed by atoms with Crippen LogP contribution in [0.3, 0.4) is 0 Å². The third-order valence-corrected chi connectivity index (χ3v) is 3.78. The van der Waals surface area contributed by atoms with Crippen molar-refractivity contribution in [1.29, 1.82) is 0 Å². The molecule has 1 aliphatic heterocycles. The minimum absolute atomic E-state index is 0.0633. The maximum absolute atomic E-state index is 12.0. The molecule has 94 valence electrons. The zero-order chi connectivity index (χ0) is 13.2. The SMILES string of the molecule is O=C(C[C@@H]1N=c2ccccc2=NC1=O)c1cccs1. The first-order valence-corrected chi connectivity index (χ1v) is 6.74. The zero-order valence-electron chi connectivity index (χ0n) is 9.95. The van der Waals surface area contributed by atoms with Gasteiger partial charge in [0.1, 0.15) is 6.04 Å². The van der Waals surface area contributed by atoms with Crippen LogP contribution < -0.4 is 10.7 Å². The Morgan fingerprint density at radius 1 is 1.16 bits per heavy atom. The molecule has 3 rings (SSSR count). The van der Waals surface area contributed by atoms with E-state index in [1.165, 1.54) is 11.3 Å². The van der Waals surface area contributed by atoms with E-state index in [9.17, 15) is 9.59 Å². The lowest BCUT2D eigenvalue weighted by Gasteiger charge is -2.10. The predicted octanol–water partition coefficient (Wildman–Crippen LogP) is 1.17. The van der Waals surface area contributed by atoms with E-state index in [4.69, 9.17) is 0 Å². The monoisotopic (exact) mass is 270 g/mol. The number of hydrogen-bond donors (Lipinski definition) is 0. The van der Waals surface area contributed by atoms with Crippen molar-refractivity contribution < 1.29 is 9.59 Å². The molecule has 1 atom stereocenters. The fourth-order valence-electron chi connectivity index (χ4n) is 1.93. The standard InChI is InChI=1S/C14H10N2O2S/c17-12(13-6-3-7-19-13)8-11-14(18)16-10-5-2-1-4-9(10)15-11/h1-7,11H,8H2/t11-/m0/s1. The maximum atomic E-state index is 12.0. The van der Waals surface area contributed by atoms with Crippen LogP contribution in [-0.2, 0) is 4.79 Å². The molecule has 0 saturated heterocycles. The molecular weight excluding hydrogens is 260 g/mol. The van der Waals surface area contributed by atoms with E-state index in [0.717, 1.165) is 0 Å². The Kier molecular flexibility index (Phi) is 3.05. The first kappa shape index (κ1) is 11.9. The number of fused-ring (bicyclic) bond motifs is 1. The zero-order valence-corrected chi connectivity index (χ0v) is 10.8. The molecular formula is C14H10N2O2S. The van der Waals surface area contributed by atoms with Crippen molar-refractivity contribution in [1.82, 2.24) is 0 Å². The number of thiophene rings is 1. The van der Waals surface area contributed by atoms with Crippen LogP contribution in [0.4, 0.5) is 0 Å². The fourth-order valence-corrected chi connectivity index (χ4v) is 2.61. The Bertz CT molecular complexity index is 750. The van der Waals surface area contributed by atoms with Gasteiger partial charge in [-0.2, -0.15) is 0 Å². The summed E-state index contributed by atoms with van der Waals surface area (Å²) >= 11 is 1.37. The van der Waals surface area contributed by atoms with Crippen LogP contribution in [-0.4, -0.2) is 17.7 Å². The first-order chi connectivity index (χ1) is 9.24. The van der Waals surface area contributed by atoms with Crippen LogP contribution in [0.5, 0.6) is 0 Å². The van der Waals surface area contributed by atoms with Gasteiger partial charge in [-0.05, 0) is 23.6 Å². The van der Waals surface area contributed by atoms with Crippen molar-refractivity contribution in [2.24, 2.45) is 9.98 Å². The van der Waals surface area contributed by atoms with Crippen LogP contribution >= 0.6 is 11.3 Å². The third kappa shape index (κ3) is 2.37. The number of amides is 1. The first-order valence-electron chi connectivity index (χ1n) is 5.86. The van der Waals surface area contributed by atoms with Crippen molar-refractivity contribution in [3.8, 4) is 0 Å². The van der Waals surface area contributed by atoms with Gasteiger partial charge in [-0.1, -0.05) is 18.2 Å². The molecule has 19 heavy (non-hydrogen) atoms. The third-order valence-electron chi connectivity index (χ3n) is 2.87. The molecule has 1 amide bonds. The van der Waals surface area contributed by atoms with Gasteiger partial charge in [0.2, 0.25) is 0 Å². The minimum Gasteiger partial charge on any atom is -0.293 e. The van der Waals surface area contributed by atoms with E-state index in [0.29, 0.717) is 15.6 Å². The Morgan fingerprint density at radius 3 is 2.68 bits per heavy atom. The van der Waals surface area contributed by atoms with Gasteiger partial charge in [0.15, 0.2) is 5.78 Å². The van der Waals surface area contributed by atoms with Gasteiger partial charge in [-0.25, -0.2) is 4.99 Å². The summed E-state index contributed by atoms with van der Waals surface area (Å²) in [7, 11) is 0. The van der Waals surface area contributed by atoms with Gasteiger partial charge in [-0.3, -0.25) is 14.6 Å². The maximum Gasteiger partial charge on any atom is 0.271 e. The molecule has 0 aliphatic carbocycles. The summed E-state index contributed by atoms with van der Waals surface area (Å²) in [6.07, 6.45) is 0.0805. The van der Waals surface area contributed by atoms with Gasteiger partial charge in [-0.15, -0.1) is 11.3 Å². The summed E-state index contributed by atoms with van der Waals surface area (Å²) < 4.78 is 0. The molecule has 0 fully saturated rings. The van der Waals surface area contributed by atoms with Crippen LogP contribution in [0.25, 0.3) is 0 Å². The van der Waals surface area contributed by atoms with Gasteiger partial charge in [0, 0.05) is 6.42 Å². The van der Waals surface area contributed by atoms with Crippen molar-refractivity contribution in [2.45, 2.75) is 12.5 Å². The molecule has 0 spiro atoms. The highest BCUT2D eigenvalue weighted by molar-refractivity contribution is 7.12. The quantitative estimate of drug-likeness (QED) is 0.786. The summed E-state index contributed by atoms with van der Waals surface area (Å²) in [6, 6.07) is 10.1. The second-order valence-corrected chi connectivity index (χ2v) is 5.14. The van der Waals surface area contributed by atoms with Crippen LogP contribution in [0.15, 0.2) is 51.8 Å². The number of rotatable bonds is 3. The van der Waals surface area contributed by atoms with Gasteiger partial charge < -0.3 is 0 Å². The van der Waals surface area contributed by atoms with E-state index >= 15 is 0 Å². The summed E-state index contributed by atoms with van der Waals surface area (Å²) in [5, 5.41) is 3.09. The van der Waals surface area contributed by atoms with Gasteiger partial charge in [0.05, 0.1) is 15.6 Å². The Balaban J connectivity index is 1.89. The van der Waals surface area contributed by atoms with Crippen molar-refractivity contribution in [2.75, 3.05) is 0 Å². The lowest BCUT2D eigenvalue weighted by atomic mass is 10.1. The molecule has 2 aromatic rings. The van der Waals surface area contributed by atoms with E-state index in [2.05, 4.69) is 9.98 Å². The van der Waals surface area contributed by atoms with E-state index in [1.807, 2.05) is 23.6 Å². The number of carbonyl (C=O) groups is 2. The lowest BCUT2D eigenvalue weighted by Crippen LogP contribution is -2.37. The second kappa shape index (κ2) is 4.85. The van der Waals surface area contributed by atoms with Crippen LogP contribution in [0.2, 0.25) is 0 Å². The highest BCUT2D eigenvalue weighted by atomic mass is 32.1. The molecule has 5 heteroatoms. The van der Waals surface area contributed by atoms with Crippen molar-refractivity contribution >= 4 is 23.0 Å². The molecule has 0 radical (unpaired) electrons. The Morgan fingerprint density at radius 2 is 1.95 bits per heavy atom. The Labute approximate surface area is 113 Å². The van der Waals surface area contributed by atoms with E-state index in [-0.39, 0.29) is 18.1 Å². The molecule has 1 aromatic carbocycles. The van der Waals surface area contributed by atoms with E-state index < -0.39 is 6.04 Å². The molecule has 0 bridgehead atoms. The number of Topliss-reactive ketones (excluding diaryl/α,β-unsaturated/α-hetero) is 1. The molecule has 2 heterocycles.